The van der Waals surface area contributed by atoms with E-state index in [1.807, 2.05) is 13.8 Å². The minimum Gasteiger partial charge on any atom is -0.307 e. The first kappa shape index (κ1) is 12.8. The van der Waals surface area contributed by atoms with Gasteiger partial charge in [0.25, 0.3) is 0 Å². The largest absolute Gasteiger partial charge is 0.307 e. The number of Topliss-reactive ketones (excluding diaryl/α,β-unsaturated/α-hetero) is 1. The van der Waals surface area contributed by atoms with E-state index in [0.717, 1.165) is 30.3 Å². The minimum absolute atomic E-state index is 0.0470. The van der Waals surface area contributed by atoms with Crippen molar-refractivity contribution in [3.63, 3.8) is 0 Å². The third kappa shape index (κ3) is 2.60. The monoisotopic (exact) mass is 299 g/mol. The molecule has 1 aromatic heterocycles. The number of aromatic nitrogens is 2. The number of halogens is 1. The Morgan fingerprint density at radius 1 is 1.59 bits per heavy atom. The Bertz CT molecular complexity index is 408. The number of piperidine rings is 1. The van der Waals surface area contributed by atoms with Crippen LogP contribution in [0.1, 0.15) is 49.6 Å². The van der Waals surface area contributed by atoms with Crippen LogP contribution in [0.25, 0.3) is 0 Å². The van der Waals surface area contributed by atoms with Crippen LogP contribution < -0.4 is 5.32 Å². The zero-order chi connectivity index (χ0) is 12.4. The molecule has 2 heterocycles. The number of nitrogens with one attached hydrogen (secondary N) is 1. The van der Waals surface area contributed by atoms with Crippen molar-refractivity contribution in [2.75, 3.05) is 6.54 Å². The molecule has 0 spiro atoms. The van der Waals surface area contributed by atoms with Gasteiger partial charge >= 0.3 is 0 Å². The number of ketones is 1. The van der Waals surface area contributed by atoms with Crippen molar-refractivity contribution in [1.29, 1.82) is 0 Å². The first-order chi connectivity index (χ1) is 8.11. The van der Waals surface area contributed by atoms with Crippen molar-refractivity contribution < 1.29 is 4.79 Å². The summed E-state index contributed by atoms with van der Waals surface area (Å²) >= 11 is 3.42. The summed E-state index contributed by atoms with van der Waals surface area (Å²) < 4.78 is 2.59. The van der Waals surface area contributed by atoms with Crippen LogP contribution in [0, 0.1) is 0 Å². The molecule has 1 fully saturated rings. The van der Waals surface area contributed by atoms with Gasteiger partial charge in [-0.3, -0.25) is 9.48 Å². The second kappa shape index (κ2) is 5.31. The molecule has 4 nitrogen and oxygen atoms in total. The van der Waals surface area contributed by atoms with E-state index in [1.165, 1.54) is 0 Å². The summed E-state index contributed by atoms with van der Waals surface area (Å²) in [5.74, 6) is 0.155. The van der Waals surface area contributed by atoms with Gasteiger partial charge in [-0.15, -0.1) is 0 Å². The summed E-state index contributed by atoms with van der Waals surface area (Å²) in [5, 5.41) is 7.54. The minimum atomic E-state index is -0.0470. The van der Waals surface area contributed by atoms with Crippen molar-refractivity contribution >= 4 is 21.7 Å². The third-order valence-electron chi connectivity index (χ3n) is 3.10. The fourth-order valence-corrected chi connectivity index (χ4v) is 2.67. The summed E-state index contributed by atoms with van der Waals surface area (Å²) in [6.07, 6.45) is 4.91. The smallest absolute Gasteiger partial charge is 0.198 e. The molecule has 0 saturated carbocycles. The Hall–Kier alpha value is -0.680. The van der Waals surface area contributed by atoms with E-state index in [4.69, 9.17) is 0 Å². The van der Waals surface area contributed by atoms with Crippen LogP contribution in [-0.2, 0) is 0 Å². The van der Waals surface area contributed by atoms with E-state index in [2.05, 4.69) is 26.3 Å². The predicted octanol–water partition coefficient (Wildman–Crippen LogP) is 2.55. The lowest BCUT2D eigenvalue weighted by Gasteiger charge is -2.23. The van der Waals surface area contributed by atoms with E-state index in [9.17, 15) is 4.79 Å². The highest BCUT2D eigenvalue weighted by atomic mass is 79.9. The standard InChI is InChI=1S/C12H18BrN3O/c1-8(2)16-11(9(13)7-15-16)12(17)10-5-3-4-6-14-10/h7-8,10,14H,3-6H2,1-2H3. The Kier molecular flexibility index (Phi) is 3.99. The van der Waals surface area contributed by atoms with Crippen LogP contribution in [0.3, 0.4) is 0 Å². The molecule has 94 valence electrons. The summed E-state index contributed by atoms with van der Waals surface area (Å²) in [5.41, 5.74) is 0.694. The number of nitrogens with zero attached hydrogens (tertiary/aromatic N) is 2. The lowest BCUT2D eigenvalue weighted by Crippen LogP contribution is -2.41. The summed E-state index contributed by atoms with van der Waals surface area (Å²) in [4.78, 5) is 12.5. The van der Waals surface area contributed by atoms with Crippen LogP contribution in [0.15, 0.2) is 10.7 Å². The predicted molar refractivity (Wildman–Crippen MR) is 70.3 cm³/mol. The van der Waals surface area contributed by atoms with Crippen molar-refractivity contribution in [2.24, 2.45) is 0 Å². The maximum Gasteiger partial charge on any atom is 0.198 e. The molecule has 17 heavy (non-hydrogen) atoms. The zero-order valence-corrected chi connectivity index (χ0v) is 11.8. The van der Waals surface area contributed by atoms with Gasteiger partial charge in [-0.1, -0.05) is 6.42 Å². The molecule has 0 aromatic carbocycles. The molecule has 2 rings (SSSR count). The summed E-state index contributed by atoms with van der Waals surface area (Å²) in [6, 6.07) is 0.151. The lowest BCUT2D eigenvalue weighted by molar-refractivity contribution is 0.0913. The van der Waals surface area contributed by atoms with E-state index in [0.29, 0.717) is 5.69 Å². The third-order valence-corrected chi connectivity index (χ3v) is 3.68. The second-order valence-corrected chi connectivity index (χ2v) is 5.60. The quantitative estimate of drug-likeness (QED) is 0.873. The molecule has 0 amide bonds. The summed E-state index contributed by atoms with van der Waals surface area (Å²) in [6.45, 7) is 5.00. The Morgan fingerprint density at radius 2 is 2.35 bits per heavy atom. The molecule has 1 aliphatic rings. The lowest BCUT2D eigenvalue weighted by atomic mass is 9.99. The van der Waals surface area contributed by atoms with E-state index in [-0.39, 0.29) is 17.9 Å². The molecule has 0 bridgehead atoms. The average Bonchev–Trinajstić information content (AvgIpc) is 2.71. The average molecular weight is 300 g/mol. The second-order valence-electron chi connectivity index (χ2n) is 4.75. The van der Waals surface area contributed by atoms with Gasteiger partial charge in [0, 0.05) is 6.04 Å². The molecule has 1 N–H and O–H groups in total. The van der Waals surface area contributed by atoms with Gasteiger partial charge in [-0.25, -0.2) is 0 Å². The molecule has 1 aliphatic heterocycles. The highest BCUT2D eigenvalue weighted by Gasteiger charge is 2.27. The van der Waals surface area contributed by atoms with Crippen molar-refractivity contribution in [2.45, 2.75) is 45.2 Å². The molecule has 1 atom stereocenters. The molecule has 0 aliphatic carbocycles. The van der Waals surface area contributed by atoms with E-state index >= 15 is 0 Å². The van der Waals surface area contributed by atoms with Crippen LogP contribution in [0.4, 0.5) is 0 Å². The SMILES string of the molecule is CC(C)n1ncc(Br)c1C(=O)C1CCCCN1. The number of carbonyl (C=O) groups excluding carboxylic acids is 1. The Labute approximate surface area is 110 Å². The normalized spacial score (nSPS) is 20.8. The van der Waals surface area contributed by atoms with E-state index < -0.39 is 0 Å². The van der Waals surface area contributed by atoms with Gasteiger partial charge in [0.15, 0.2) is 5.78 Å². The highest BCUT2D eigenvalue weighted by Crippen LogP contribution is 2.23. The molecular weight excluding hydrogens is 282 g/mol. The molecule has 1 unspecified atom stereocenters. The fraction of sp³-hybridized carbons (Fsp3) is 0.667. The number of carbonyl (C=O) groups is 1. The topological polar surface area (TPSA) is 46.9 Å². The molecular formula is C12H18BrN3O. The van der Waals surface area contributed by atoms with Crippen LogP contribution >= 0.6 is 15.9 Å². The molecule has 5 heteroatoms. The number of hydrogen-bond donors (Lipinski definition) is 1. The highest BCUT2D eigenvalue weighted by molar-refractivity contribution is 9.10. The van der Waals surface area contributed by atoms with Crippen LogP contribution in [0.5, 0.6) is 0 Å². The maximum absolute atomic E-state index is 12.5. The van der Waals surface area contributed by atoms with Gasteiger partial charge < -0.3 is 5.32 Å². The molecule has 0 radical (unpaired) electrons. The Balaban J connectivity index is 2.26. The van der Waals surface area contributed by atoms with Crippen LogP contribution in [0.2, 0.25) is 0 Å². The number of rotatable bonds is 3. The molecule has 1 aromatic rings. The van der Waals surface area contributed by atoms with Crippen molar-refractivity contribution in [3.8, 4) is 0 Å². The Morgan fingerprint density at radius 3 is 2.94 bits per heavy atom. The van der Waals surface area contributed by atoms with Gasteiger partial charge in [0.2, 0.25) is 0 Å². The summed E-state index contributed by atoms with van der Waals surface area (Å²) in [7, 11) is 0. The van der Waals surface area contributed by atoms with Crippen molar-refractivity contribution in [1.82, 2.24) is 15.1 Å². The van der Waals surface area contributed by atoms with Gasteiger partial charge in [-0.2, -0.15) is 5.10 Å². The first-order valence-electron chi connectivity index (χ1n) is 6.12. The fourth-order valence-electron chi connectivity index (χ4n) is 2.20. The van der Waals surface area contributed by atoms with E-state index in [1.54, 1.807) is 10.9 Å². The van der Waals surface area contributed by atoms with Gasteiger partial charge in [0.05, 0.1) is 16.7 Å². The first-order valence-corrected chi connectivity index (χ1v) is 6.91. The van der Waals surface area contributed by atoms with Crippen LogP contribution in [-0.4, -0.2) is 28.2 Å². The number of hydrogen-bond acceptors (Lipinski definition) is 3. The maximum atomic E-state index is 12.5. The van der Waals surface area contributed by atoms with Gasteiger partial charge in [0.1, 0.15) is 5.69 Å². The zero-order valence-electron chi connectivity index (χ0n) is 10.2. The van der Waals surface area contributed by atoms with Gasteiger partial charge in [-0.05, 0) is 49.2 Å². The van der Waals surface area contributed by atoms with Crippen molar-refractivity contribution in [3.05, 3.63) is 16.4 Å². The molecule has 1 saturated heterocycles.